The number of nitrogens with one attached hydrogen (secondary N) is 2. The highest BCUT2D eigenvalue weighted by atomic mass is 127. The van der Waals surface area contributed by atoms with Gasteiger partial charge in [0.1, 0.15) is 0 Å². The molecule has 2 rings (SSSR count). The van der Waals surface area contributed by atoms with Gasteiger partial charge in [0.15, 0.2) is 5.96 Å². The average molecular weight is 483 g/mol. The van der Waals surface area contributed by atoms with Gasteiger partial charge in [0.05, 0.1) is 19.3 Å². The third-order valence-electron chi connectivity index (χ3n) is 4.71. The summed E-state index contributed by atoms with van der Waals surface area (Å²) in [6.45, 7) is 8.84. The minimum absolute atomic E-state index is 0. The van der Waals surface area contributed by atoms with E-state index in [2.05, 4.69) is 22.5 Å². The second-order valence-corrected chi connectivity index (χ2v) is 6.98. The number of hydrogen-bond donors (Lipinski definition) is 2. The molecule has 26 heavy (non-hydrogen) atoms. The zero-order valence-electron chi connectivity index (χ0n) is 16.3. The molecule has 1 unspecified atom stereocenters. The molecule has 2 aliphatic rings. The van der Waals surface area contributed by atoms with Crippen molar-refractivity contribution < 1.29 is 14.2 Å². The summed E-state index contributed by atoms with van der Waals surface area (Å²) in [5.41, 5.74) is 0. The van der Waals surface area contributed by atoms with E-state index in [4.69, 9.17) is 14.2 Å². The van der Waals surface area contributed by atoms with Gasteiger partial charge in [-0.1, -0.05) is 12.8 Å². The molecule has 1 saturated heterocycles. The summed E-state index contributed by atoms with van der Waals surface area (Å²) >= 11 is 0. The standard InChI is InChI=1S/C19H37N3O3.HI/c1-2-20-19(22-11-6-13-25-18-7-3-4-8-18)21-10-5-12-23-15-17-9-14-24-16-17;/h17-18H,2-16H2,1H3,(H2,20,21,22);1H. The minimum Gasteiger partial charge on any atom is -0.381 e. The first-order chi connectivity index (χ1) is 12.4. The van der Waals surface area contributed by atoms with Crippen molar-refractivity contribution in [3.05, 3.63) is 0 Å². The van der Waals surface area contributed by atoms with Crippen LogP contribution in [0.15, 0.2) is 4.99 Å². The van der Waals surface area contributed by atoms with Crippen molar-refractivity contribution in [1.29, 1.82) is 0 Å². The molecule has 0 aromatic rings. The predicted octanol–water partition coefficient (Wildman–Crippen LogP) is 2.95. The van der Waals surface area contributed by atoms with Gasteiger partial charge in [-0.2, -0.15) is 0 Å². The summed E-state index contributed by atoms with van der Waals surface area (Å²) in [6.07, 6.45) is 8.77. The van der Waals surface area contributed by atoms with Crippen LogP contribution in [0.1, 0.15) is 51.9 Å². The predicted molar refractivity (Wildman–Crippen MR) is 117 cm³/mol. The Balaban J connectivity index is 0.00000338. The number of aliphatic imine (C=N–C) groups is 1. The van der Waals surface area contributed by atoms with Crippen LogP contribution >= 0.6 is 24.0 Å². The van der Waals surface area contributed by atoms with Gasteiger partial charge >= 0.3 is 0 Å². The lowest BCUT2D eigenvalue weighted by Gasteiger charge is -2.13. The van der Waals surface area contributed by atoms with Crippen LogP contribution in [0, 0.1) is 5.92 Å². The normalized spacial score (nSPS) is 21.0. The largest absolute Gasteiger partial charge is 0.381 e. The maximum Gasteiger partial charge on any atom is 0.191 e. The Morgan fingerprint density at radius 2 is 1.96 bits per heavy atom. The molecule has 2 fully saturated rings. The summed E-state index contributed by atoms with van der Waals surface area (Å²) in [4.78, 5) is 4.61. The Bertz CT molecular complexity index is 360. The SMILES string of the molecule is CCNC(=NCCCOCC1CCOC1)NCCCOC1CCCC1.I. The molecular weight excluding hydrogens is 445 g/mol. The number of ether oxygens (including phenoxy) is 3. The van der Waals surface area contributed by atoms with E-state index in [0.717, 1.165) is 77.9 Å². The van der Waals surface area contributed by atoms with Gasteiger partial charge in [0, 0.05) is 45.4 Å². The van der Waals surface area contributed by atoms with E-state index in [9.17, 15) is 0 Å². The lowest BCUT2D eigenvalue weighted by atomic mass is 10.1. The van der Waals surface area contributed by atoms with Crippen LogP contribution < -0.4 is 10.6 Å². The maximum atomic E-state index is 5.89. The zero-order valence-corrected chi connectivity index (χ0v) is 18.7. The van der Waals surface area contributed by atoms with E-state index in [1.807, 2.05) is 0 Å². The average Bonchev–Trinajstić information content (AvgIpc) is 3.31. The molecule has 1 atom stereocenters. The number of halogens is 1. The Morgan fingerprint density at radius 1 is 1.12 bits per heavy atom. The Morgan fingerprint density at radius 3 is 2.69 bits per heavy atom. The molecule has 0 spiro atoms. The molecule has 0 amide bonds. The summed E-state index contributed by atoms with van der Waals surface area (Å²) in [7, 11) is 0. The fourth-order valence-electron chi connectivity index (χ4n) is 3.25. The van der Waals surface area contributed by atoms with E-state index in [1.54, 1.807) is 0 Å². The molecule has 154 valence electrons. The molecule has 1 aliphatic carbocycles. The molecule has 2 N–H and O–H groups in total. The third kappa shape index (κ3) is 10.9. The van der Waals surface area contributed by atoms with Crippen molar-refractivity contribution in [2.24, 2.45) is 10.9 Å². The van der Waals surface area contributed by atoms with Gasteiger partial charge in [0.2, 0.25) is 0 Å². The molecule has 0 aromatic heterocycles. The lowest BCUT2D eigenvalue weighted by molar-refractivity contribution is 0.0574. The number of hydrogen-bond acceptors (Lipinski definition) is 4. The fourth-order valence-corrected chi connectivity index (χ4v) is 3.25. The fraction of sp³-hybridized carbons (Fsp3) is 0.947. The second-order valence-electron chi connectivity index (χ2n) is 6.98. The summed E-state index contributed by atoms with van der Waals surface area (Å²) in [6, 6.07) is 0. The molecule has 7 heteroatoms. The first-order valence-corrected chi connectivity index (χ1v) is 10.2. The Labute approximate surface area is 176 Å². The molecule has 0 radical (unpaired) electrons. The van der Waals surface area contributed by atoms with Crippen molar-refractivity contribution in [3.63, 3.8) is 0 Å². The molecule has 1 heterocycles. The van der Waals surface area contributed by atoms with Crippen LogP contribution in [0.3, 0.4) is 0 Å². The van der Waals surface area contributed by atoms with Gasteiger partial charge in [-0.3, -0.25) is 4.99 Å². The van der Waals surface area contributed by atoms with Crippen molar-refractivity contribution in [3.8, 4) is 0 Å². The highest BCUT2D eigenvalue weighted by molar-refractivity contribution is 14.0. The molecule has 0 aromatic carbocycles. The Kier molecular flexibility index (Phi) is 14.6. The van der Waals surface area contributed by atoms with Crippen molar-refractivity contribution in [2.45, 2.75) is 58.0 Å². The van der Waals surface area contributed by atoms with Crippen LogP contribution in [0.5, 0.6) is 0 Å². The van der Waals surface area contributed by atoms with Crippen LogP contribution in [0.4, 0.5) is 0 Å². The third-order valence-corrected chi connectivity index (χ3v) is 4.71. The molecule has 1 saturated carbocycles. The lowest BCUT2D eigenvalue weighted by Crippen LogP contribution is -2.38. The minimum atomic E-state index is 0. The number of rotatable bonds is 12. The molecule has 6 nitrogen and oxygen atoms in total. The Hall–Kier alpha value is -0.120. The van der Waals surface area contributed by atoms with Crippen molar-refractivity contribution in [1.82, 2.24) is 10.6 Å². The first-order valence-electron chi connectivity index (χ1n) is 10.2. The number of guanidine groups is 1. The molecular formula is C19H38IN3O3. The zero-order chi connectivity index (χ0) is 17.6. The summed E-state index contributed by atoms with van der Waals surface area (Å²) in [5.74, 6) is 1.49. The van der Waals surface area contributed by atoms with Gasteiger partial charge in [-0.15, -0.1) is 24.0 Å². The summed E-state index contributed by atoms with van der Waals surface area (Å²) < 4.78 is 17.0. The van der Waals surface area contributed by atoms with E-state index < -0.39 is 0 Å². The second kappa shape index (κ2) is 15.9. The highest BCUT2D eigenvalue weighted by Gasteiger charge is 2.15. The molecule has 0 bridgehead atoms. The van der Waals surface area contributed by atoms with Gasteiger partial charge in [-0.25, -0.2) is 0 Å². The van der Waals surface area contributed by atoms with Gasteiger partial charge < -0.3 is 24.8 Å². The summed E-state index contributed by atoms with van der Waals surface area (Å²) in [5, 5.41) is 6.67. The van der Waals surface area contributed by atoms with E-state index in [0.29, 0.717) is 12.0 Å². The number of nitrogens with zero attached hydrogens (tertiary/aromatic N) is 1. The smallest absolute Gasteiger partial charge is 0.191 e. The maximum absolute atomic E-state index is 5.89. The van der Waals surface area contributed by atoms with E-state index in [-0.39, 0.29) is 24.0 Å². The molecule has 1 aliphatic heterocycles. The van der Waals surface area contributed by atoms with Crippen LogP contribution in [0.2, 0.25) is 0 Å². The topological polar surface area (TPSA) is 64.1 Å². The highest BCUT2D eigenvalue weighted by Crippen LogP contribution is 2.20. The van der Waals surface area contributed by atoms with Crippen LogP contribution in [-0.2, 0) is 14.2 Å². The quantitative estimate of drug-likeness (QED) is 0.194. The van der Waals surface area contributed by atoms with E-state index in [1.165, 1.54) is 25.7 Å². The van der Waals surface area contributed by atoms with Crippen molar-refractivity contribution in [2.75, 3.05) is 52.7 Å². The first kappa shape index (κ1) is 23.9. The van der Waals surface area contributed by atoms with Crippen LogP contribution in [0.25, 0.3) is 0 Å². The van der Waals surface area contributed by atoms with Gasteiger partial charge in [-0.05, 0) is 39.0 Å². The van der Waals surface area contributed by atoms with Crippen LogP contribution in [-0.4, -0.2) is 64.7 Å². The van der Waals surface area contributed by atoms with Crippen molar-refractivity contribution >= 4 is 29.9 Å². The van der Waals surface area contributed by atoms with Gasteiger partial charge in [0.25, 0.3) is 0 Å². The monoisotopic (exact) mass is 483 g/mol. The van der Waals surface area contributed by atoms with E-state index >= 15 is 0 Å².